The van der Waals surface area contributed by atoms with Crippen molar-refractivity contribution in [1.29, 1.82) is 0 Å². The second kappa shape index (κ2) is 9.70. The molecule has 0 aliphatic heterocycles. The van der Waals surface area contributed by atoms with E-state index in [-0.39, 0.29) is 17.9 Å². The Kier molecular flexibility index (Phi) is 8.28. The van der Waals surface area contributed by atoms with E-state index < -0.39 is 0 Å². The van der Waals surface area contributed by atoms with Crippen LogP contribution < -0.4 is 10.6 Å². The third-order valence-corrected chi connectivity index (χ3v) is 4.11. The molecule has 0 fully saturated rings. The number of hydrogen-bond donors (Lipinski definition) is 2. The summed E-state index contributed by atoms with van der Waals surface area (Å²) in [5, 5.41) is 6.62. The van der Waals surface area contributed by atoms with Gasteiger partial charge in [0, 0.05) is 19.9 Å². The van der Waals surface area contributed by atoms with E-state index in [0.29, 0.717) is 23.0 Å². The number of carbonyl (C=O) groups excluding carboxylic acids is 2. The zero-order chi connectivity index (χ0) is 16.5. The minimum Gasteiger partial charge on any atom is -0.356 e. The lowest BCUT2D eigenvalue weighted by Gasteiger charge is -2.16. The smallest absolute Gasteiger partial charge is 0.220 e. The number of hydrogen-bond acceptors (Lipinski definition) is 2. The molecule has 2 N–H and O–H groups in total. The number of unbranched alkanes of at least 4 members (excludes halogenated alkanes) is 2. The maximum atomic E-state index is 11.9. The van der Waals surface area contributed by atoms with Crippen molar-refractivity contribution in [3.63, 3.8) is 0 Å². The Labute approximate surface area is 141 Å². The van der Waals surface area contributed by atoms with Crippen LogP contribution in [0.25, 0.3) is 0 Å². The summed E-state index contributed by atoms with van der Waals surface area (Å²) in [6, 6.07) is 5.20. The fourth-order valence-electron chi connectivity index (χ4n) is 2.10. The third-order valence-electron chi connectivity index (χ3n) is 3.28. The molecule has 6 heteroatoms. The molecule has 0 bridgehead atoms. The zero-order valence-corrected chi connectivity index (χ0v) is 14.4. The minimum atomic E-state index is -0.182. The molecule has 22 heavy (non-hydrogen) atoms. The Morgan fingerprint density at radius 1 is 1.18 bits per heavy atom. The van der Waals surface area contributed by atoms with Gasteiger partial charge in [0.25, 0.3) is 0 Å². The molecule has 4 nitrogen and oxygen atoms in total. The first-order valence-corrected chi connectivity index (χ1v) is 8.15. The average molecular weight is 345 g/mol. The number of halogens is 2. The van der Waals surface area contributed by atoms with Crippen LogP contribution in [0.15, 0.2) is 18.2 Å². The van der Waals surface area contributed by atoms with Crippen molar-refractivity contribution in [2.45, 2.75) is 45.6 Å². The first kappa shape index (κ1) is 18.8. The molecule has 1 aromatic rings. The molecule has 1 atom stereocenters. The van der Waals surface area contributed by atoms with E-state index in [0.717, 1.165) is 24.8 Å². The van der Waals surface area contributed by atoms with E-state index in [2.05, 4.69) is 10.6 Å². The topological polar surface area (TPSA) is 58.2 Å². The van der Waals surface area contributed by atoms with Crippen molar-refractivity contribution < 1.29 is 9.59 Å². The van der Waals surface area contributed by atoms with Gasteiger partial charge in [0.05, 0.1) is 16.1 Å². The predicted molar refractivity (Wildman–Crippen MR) is 90.2 cm³/mol. The van der Waals surface area contributed by atoms with E-state index in [4.69, 9.17) is 23.2 Å². The Bertz CT molecular complexity index is 521. The number of amides is 2. The third kappa shape index (κ3) is 6.67. The van der Waals surface area contributed by atoms with Gasteiger partial charge in [-0.3, -0.25) is 9.59 Å². The molecule has 2 amide bonds. The minimum absolute atomic E-state index is 0.0110. The molecule has 0 saturated heterocycles. The number of benzene rings is 1. The molecule has 1 aromatic carbocycles. The first-order chi connectivity index (χ1) is 10.4. The standard InChI is InChI=1S/C16H22Cl2N2O2/c1-11(13-7-6-8-14(17)16(13)18)20-15(22)9-4-3-5-10-19-12(2)21/h6-8,11H,3-5,9-10H2,1-2H3,(H,19,21)(H,20,22). The molecule has 0 aliphatic rings. The van der Waals surface area contributed by atoms with Crippen molar-refractivity contribution in [3.05, 3.63) is 33.8 Å². The van der Waals surface area contributed by atoms with Crippen molar-refractivity contribution in [2.75, 3.05) is 6.54 Å². The normalized spacial score (nSPS) is 11.8. The van der Waals surface area contributed by atoms with Gasteiger partial charge < -0.3 is 10.6 Å². The van der Waals surface area contributed by atoms with Crippen LogP contribution in [0.5, 0.6) is 0 Å². The Hall–Kier alpha value is -1.26. The lowest BCUT2D eigenvalue weighted by molar-refractivity contribution is -0.122. The molecule has 0 spiro atoms. The van der Waals surface area contributed by atoms with Gasteiger partial charge >= 0.3 is 0 Å². The van der Waals surface area contributed by atoms with Gasteiger partial charge in [-0.1, -0.05) is 41.8 Å². The lowest BCUT2D eigenvalue weighted by Crippen LogP contribution is -2.26. The highest BCUT2D eigenvalue weighted by molar-refractivity contribution is 6.42. The zero-order valence-electron chi connectivity index (χ0n) is 12.9. The highest BCUT2D eigenvalue weighted by Crippen LogP contribution is 2.29. The van der Waals surface area contributed by atoms with Gasteiger partial charge in [0.1, 0.15) is 0 Å². The highest BCUT2D eigenvalue weighted by atomic mass is 35.5. The van der Waals surface area contributed by atoms with E-state index >= 15 is 0 Å². The van der Waals surface area contributed by atoms with Crippen molar-refractivity contribution in [3.8, 4) is 0 Å². The monoisotopic (exact) mass is 344 g/mol. The lowest BCUT2D eigenvalue weighted by atomic mass is 10.1. The Morgan fingerprint density at radius 2 is 1.91 bits per heavy atom. The van der Waals surface area contributed by atoms with Crippen LogP contribution >= 0.6 is 23.2 Å². The van der Waals surface area contributed by atoms with Crippen LogP contribution in [-0.2, 0) is 9.59 Å². The van der Waals surface area contributed by atoms with E-state index in [1.165, 1.54) is 6.92 Å². The molecule has 0 saturated carbocycles. The summed E-state index contributed by atoms with van der Waals surface area (Å²) < 4.78 is 0. The average Bonchev–Trinajstić information content (AvgIpc) is 2.45. The fraction of sp³-hybridized carbons (Fsp3) is 0.500. The molecule has 1 unspecified atom stereocenters. The van der Waals surface area contributed by atoms with Gasteiger partial charge in [-0.25, -0.2) is 0 Å². The predicted octanol–water partition coefficient (Wildman–Crippen LogP) is 3.87. The van der Waals surface area contributed by atoms with E-state index in [9.17, 15) is 9.59 Å². The molecule has 0 aromatic heterocycles. The Balaban J connectivity index is 2.30. The van der Waals surface area contributed by atoms with Gasteiger partial charge in [-0.05, 0) is 31.4 Å². The van der Waals surface area contributed by atoms with Crippen LogP contribution in [-0.4, -0.2) is 18.4 Å². The maximum Gasteiger partial charge on any atom is 0.220 e. The first-order valence-electron chi connectivity index (χ1n) is 7.39. The van der Waals surface area contributed by atoms with Crippen molar-refractivity contribution >= 4 is 35.0 Å². The summed E-state index contributed by atoms with van der Waals surface area (Å²) >= 11 is 12.1. The maximum absolute atomic E-state index is 11.9. The van der Waals surface area contributed by atoms with Crippen LogP contribution in [0.1, 0.15) is 51.1 Å². The van der Waals surface area contributed by atoms with Crippen LogP contribution in [0.2, 0.25) is 10.0 Å². The summed E-state index contributed by atoms with van der Waals surface area (Å²) in [6.45, 7) is 4.04. The second-order valence-corrected chi connectivity index (χ2v) is 6.01. The largest absolute Gasteiger partial charge is 0.356 e. The van der Waals surface area contributed by atoms with E-state index in [1.807, 2.05) is 19.1 Å². The van der Waals surface area contributed by atoms with Crippen LogP contribution in [0.4, 0.5) is 0 Å². The molecule has 0 aliphatic carbocycles. The summed E-state index contributed by atoms with van der Waals surface area (Å²) in [4.78, 5) is 22.6. The Morgan fingerprint density at radius 3 is 2.59 bits per heavy atom. The molecular weight excluding hydrogens is 323 g/mol. The van der Waals surface area contributed by atoms with Gasteiger partial charge in [0.15, 0.2) is 0 Å². The number of nitrogens with one attached hydrogen (secondary N) is 2. The molecular formula is C16H22Cl2N2O2. The van der Waals surface area contributed by atoms with Gasteiger partial charge in [0.2, 0.25) is 11.8 Å². The summed E-state index contributed by atoms with van der Waals surface area (Å²) in [6.07, 6.45) is 3.03. The second-order valence-electron chi connectivity index (χ2n) is 5.23. The molecule has 1 rings (SSSR count). The quantitative estimate of drug-likeness (QED) is 0.703. The summed E-state index contributed by atoms with van der Waals surface area (Å²) in [5.74, 6) is -0.0342. The van der Waals surface area contributed by atoms with E-state index in [1.54, 1.807) is 6.07 Å². The highest BCUT2D eigenvalue weighted by Gasteiger charge is 2.13. The van der Waals surface area contributed by atoms with Gasteiger partial charge in [-0.15, -0.1) is 0 Å². The summed E-state index contributed by atoms with van der Waals surface area (Å²) in [7, 11) is 0. The van der Waals surface area contributed by atoms with Gasteiger partial charge in [-0.2, -0.15) is 0 Å². The van der Waals surface area contributed by atoms with Crippen LogP contribution in [0.3, 0.4) is 0 Å². The SMILES string of the molecule is CC(=O)NCCCCCC(=O)NC(C)c1cccc(Cl)c1Cl. The number of carbonyl (C=O) groups is 2. The molecule has 122 valence electrons. The van der Waals surface area contributed by atoms with Crippen LogP contribution in [0, 0.1) is 0 Å². The summed E-state index contributed by atoms with van der Waals surface area (Å²) in [5.41, 5.74) is 0.813. The number of rotatable bonds is 8. The van der Waals surface area contributed by atoms with Crippen molar-refractivity contribution in [2.24, 2.45) is 0 Å². The van der Waals surface area contributed by atoms with Crippen molar-refractivity contribution in [1.82, 2.24) is 10.6 Å². The molecule has 0 radical (unpaired) electrons. The fourth-order valence-corrected chi connectivity index (χ4v) is 2.57. The molecule has 0 heterocycles.